The smallest absolute Gasteiger partial charge is 0.336 e. The molecule has 18 heavy (non-hydrogen) atoms. The molecule has 0 radical (unpaired) electrons. The summed E-state index contributed by atoms with van der Waals surface area (Å²) in [5, 5.41) is 9.10. The molecule has 1 aromatic rings. The summed E-state index contributed by atoms with van der Waals surface area (Å²) in [6, 6.07) is 3.10. The van der Waals surface area contributed by atoms with Crippen molar-refractivity contribution >= 4 is 33.5 Å². The lowest BCUT2D eigenvalue weighted by molar-refractivity contribution is -0.137. The van der Waals surface area contributed by atoms with E-state index < -0.39 is 11.6 Å². The molecule has 1 atom stereocenters. The molecule has 0 aromatic heterocycles. The van der Waals surface area contributed by atoms with Gasteiger partial charge in [0.25, 0.3) is 5.91 Å². The zero-order chi connectivity index (χ0) is 13.7. The second-order valence-corrected chi connectivity index (χ2v) is 5.11. The minimum absolute atomic E-state index is 0.111. The standard InChI is InChI=1S/C12H12BrNO4/c1-12(18-3)7-4-6(10(15)16)8(13)5-9(7)14(2)11(12)17/h4-5H,1-3H3,(H,15,16). The minimum atomic E-state index is -1.13. The number of aromatic carboxylic acids is 1. The number of amides is 1. The van der Waals surface area contributed by atoms with Gasteiger partial charge in [-0.05, 0) is 35.0 Å². The van der Waals surface area contributed by atoms with Crippen LogP contribution in [0.3, 0.4) is 0 Å². The van der Waals surface area contributed by atoms with Gasteiger partial charge in [0, 0.05) is 24.2 Å². The van der Waals surface area contributed by atoms with Crippen LogP contribution in [0.15, 0.2) is 16.6 Å². The molecule has 0 bridgehead atoms. The average molecular weight is 314 g/mol. The van der Waals surface area contributed by atoms with E-state index in [4.69, 9.17) is 9.84 Å². The number of ether oxygens (including phenoxy) is 1. The number of carboxylic acids is 1. The van der Waals surface area contributed by atoms with Crippen LogP contribution in [0.25, 0.3) is 0 Å². The zero-order valence-corrected chi connectivity index (χ0v) is 11.7. The van der Waals surface area contributed by atoms with Crippen LogP contribution < -0.4 is 4.90 Å². The summed E-state index contributed by atoms with van der Waals surface area (Å²) in [5.41, 5.74) is 0.203. The van der Waals surface area contributed by atoms with Crippen molar-refractivity contribution in [3.05, 3.63) is 27.7 Å². The Morgan fingerprint density at radius 2 is 2.11 bits per heavy atom. The van der Waals surface area contributed by atoms with E-state index in [0.29, 0.717) is 15.7 Å². The molecule has 1 aromatic carbocycles. The maximum Gasteiger partial charge on any atom is 0.336 e. The highest BCUT2D eigenvalue weighted by molar-refractivity contribution is 9.10. The molecule has 0 aliphatic carbocycles. The van der Waals surface area contributed by atoms with E-state index in [1.54, 1.807) is 20.0 Å². The number of anilines is 1. The van der Waals surface area contributed by atoms with Crippen LogP contribution in [-0.4, -0.2) is 31.1 Å². The quantitative estimate of drug-likeness (QED) is 0.906. The second kappa shape index (κ2) is 4.07. The molecule has 1 amide bonds. The van der Waals surface area contributed by atoms with Crippen LogP contribution in [0.2, 0.25) is 0 Å². The highest BCUT2D eigenvalue weighted by Crippen LogP contribution is 2.43. The first-order valence-electron chi connectivity index (χ1n) is 5.23. The van der Waals surface area contributed by atoms with Crippen molar-refractivity contribution in [1.82, 2.24) is 0 Å². The van der Waals surface area contributed by atoms with Gasteiger partial charge < -0.3 is 14.7 Å². The maximum absolute atomic E-state index is 12.1. The van der Waals surface area contributed by atoms with Crippen LogP contribution in [0.4, 0.5) is 5.69 Å². The Bertz CT molecular complexity index is 557. The molecule has 6 heteroatoms. The second-order valence-electron chi connectivity index (χ2n) is 4.26. The number of carbonyl (C=O) groups is 2. The molecule has 1 unspecified atom stereocenters. The van der Waals surface area contributed by atoms with Gasteiger partial charge in [-0.1, -0.05) is 0 Å². The summed E-state index contributed by atoms with van der Waals surface area (Å²) in [4.78, 5) is 24.7. The molecule has 5 nitrogen and oxygen atoms in total. The number of hydrogen-bond donors (Lipinski definition) is 1. The van der Waals surface area contributed by atoms with Crippen LogP contribution in [0.1, 0.15) is 22.8 Å². The van der Waals surface area contributed by atoms with Crippen LogP contribution >= 0.6 is 15.9 Å². The van der Waals surface area contributed by atoms with Crippen molar-refractivity contribution in [2.75, 3.05) is 19.1 Å². The van der Waals surface area contributed by atoms with Gasteiger partial charge in [-0.3, -0.25) is 4.79 Å². The molecule has 1 aliphatic rings. The first kappa shape index (κ1) is 13.0. The molecule has 0 saturated carbocycles. The van der Waals surface area contributed by atoms with Gasteiger partial charge in [-0.25, -0.2) is 4.79 Å². The van der Waals surface area contributed by atoms with Gasteiger partial charge in [0.1, 0.15) is 0 Å². The van der Waals surface area contributed by atoms with Crippen molar-refractivity contribution in [1.29, 1.82) is 0 Å². The van der Waals surface area contributed by atoms with Crippen LogP contribution in [-0.2, 0) is 15.1 Å². The number of fused-ring (bicyclic) bond motifs is 1. The van der Waals surface area contributed by atoms with Crippen molar-refractivity contribution in [2.24, 2.45) is 0 Å². The molecular weight excluding hydrogens is 302 g/mol. The summed E-state index contributed by atoms with van der Waals surface area (Å²) in [6.07, 6.45) is 0. The van der Waals surface area contributed by atoms with Crippen LogP contribution in [0, 0.1) is 0 Å². The molecule has 96 valence electrons. The third kappa shape index (κ3) is 1.56. The summed E-state index contributed by atoms with van der Waals surface area (Å²) in [7, 11) is 3.07. The van der Waals surface area contributed by atoms with E-state index >= 15 is 0 Å². The molecule has 2 rings (SSSR count). The first-order chi connectivity index (χ1) is 8.32. The van der Waals surface area contributed by atoms with E-state index in [1.807, 2.05) is 0 Å². The van der Waals surface area contributed by atoms with Crippen molar-refractivity contribution in [3.8, 4) is 0 Å². The van der Waals surface area contributed by atoms with Crippen molar-refractivity contribution < 1.29 is 19.4 Å². The predicted octanol–water partition coefficient (Wildman–Crippen LogP) is 1.99. The monoisotopic (exact) mass is 313 g/mol. The lowest BCUT2D eigenvalue weighted by Gasteiger charge is -2.21. The zero-order valence-electron chi connectivity index (χ0n) is 10.2. The fourth-order valence-electron chi connectivity index (χ4n) is 2.13. The Labute approximate surface area is 112 Å². The molecule has 1 N–H and O–H groups in total. The maximum atomic E-state index is 12.1. The fraction of sp³-hybridized carbons (Fsp3) is 0.333. The summed E-state index contributed by atoms with van der Waals surface area (Å²) >= 11 is 3.20. The number of halogens is 1. The van der Waals surface area contributed by atoms with Crippen LogP contribution in [0.5, 0.6) is 0 Å². The van der Waals surface area contributed by atoms with E-state index in [-0.39, 0.29) is 11.5 Å². The largest absolute Gasteiger partial charge is 0.478 e. The molecule has 0 spiro atoms. The highest BCUT2D eigenvalue weighted by atomic mass is 79.9. The first-order valence-corrected chi connectivity index (χ1v) is 6.03. The van der Waals surface area contributed by atoms with Crippen molar-refractivity contribution in [3.63, 3.8) is 0 Å². The highest BCUT2D eigenvalue weighted by Gasteiger charge is 2.47. The van der Waals surface area contributed by atoms with Gasteiger partial charge in [0.15, 0.2) is 5.60 Å². The minimum Gasteiger partial charge on any atom is -0.478 e. The Morgan fingerprint density at radius 1 is 1.50 bits per heavy atom. The third-order valence-electron chi connectivity index (χ3n) is 3.31. The lowest BCUT2D eigenvalue weighted by atomic mass is 9.95. The summed E-state index contributed by atoms with van der Waals surface area (Å²) in [5.74, 6) is -1.26. The SMILES string of the molecule is COC1(C)C(=O)N(C)c2cc(Br)c(C(=O)O)cc21. The fourth-order valence-corrected chi connectivity index (χ4v) is 2.63. The number of carboxylic acid groups (broad SMARTS) is 1. The van der Waals surface area contributed by atoms with E-state index in [9.17, 15) is 9.59 Å². The number of rotatable bonds is 2. The number of benzene rings is 1. The lowest BCUT2D eigenvalue weighted by Crippen LogP contribution is -2.37. The number of nitrogens with zero attached hydrogens (tertiary/aromatic N) is 1. The predicted molar refractivity (Wildman–Crippen MR) is 68.9 cm³/mol. The van der Waals surface area contributed by atoms with Gasteiger partial charge in [0.2, 0.25) is 0 Å². The molecule has 1 aliphatic heterocycles. The van der Waals surface area contributed by atoms with Crippen molar-refractivity contribution in [2.45, 2.75) is 12.5 Å². The van der Waals surface area contributed by atoms with Gasteiger partial charge in [-0.2, -0.15) is 0 Å². The normalized spacial score (nSPS) is 22.2. The van der Waals surface area contributed by atoms with E-state index in [2.05, 4.69) is 15.9 Å². The Morgan fingerprint density at radius 3 is 2.61 bits per heavy atom. The average Bonchev–Trinajstić information content (AvgIpc) is 2.51. The number of hydrogen-bond acceptors (Lipinski definition) is 3. The Hall–Kier alpha value is -1.40. The summed E-state index contributed by atoms with van der Waals surface area (Å²) in [6.45, 7) is 1.64. The number of methoxy groups -OCH3 is 1. The number of carbonyl (C=O) groups excluding carboxylic acids is 1. The van der Waals surface area contributed by atoms with Gasteiger partial charge in [-0.15, -0.1) is 0 Å². The number of likely N-dealkylation sites (N-methyl/N-ethyl adjacent to an activating group) is 1. The molecule has 0 saturated heterocycles. The van der Waals surface area contributed by atoms with Gasteiger partial charge in [0.05, 0.1) is 11.3 Å². The third-order valence-corrected chi connectivity index (χ3v) is 3.97. The Kier molecular flexibility index (Phi) is 2.95. The molecular formula is C12H12BrNO4. The summed E-state index contributed by atoms with van der Waals surface area (Å²) < 4.78 is 5.72. The molecule has 1 heterocycles. The Balaban J connectivity index is 2.73. The van der Waals surface area contributed by atoms with Gasteiger partial charge >= 0.3 is 5.97 Å². The van der Waals surface area contributed by atoms with E-state index in [0.717, 1.165) is 0 Å². The van der Waals surface area contributed by atoms with E-state index in [1.165, 1.54) is 18.1 Å². The topological polar surface area (TPSA) is 66.8 Å². The molecule has 0 fully saturated rings.